The third-order valence-electron chi connectivity index (χ3n) is 2.70. The quantitative estimate of drug-likeness (QED) is 0.795. The molecule has 2 heterocycles. The topological polar surface area (TPSA) is 65.5 Å². The standard InChI is InChI=1S/C11H15N3O2/c1-8-3-2-4-10(12-8)13-9-5-6-14(7-9)11(15)16/h2-4,9H,5-7H2,1H3,(H,12,13)(H,15,16)/t9-/m0/s1. The number of nitrogens with zero attached hydrogens (tertiary/aromatic N) is 2. The van der Waals surface area contributed by atoms with E-state index >= 15 is 0 Å². The van der Waals surface area contributed by atoms with Crippen LogP contribution in [0.15, 0.2) is 18.2 Å². The molecule has 0 aromatic carbocycles. The van der Waals surface area contributed by atoms with E-state index in [-0.39, 0.29) is 6.04 Å². The minimum atomic E-state index is -0.846. The number of amides is 1. The van der Waals surface area contributed by atoms with Crippen LogP contribution in [0, 0.1) is 6.92 Å². The summed E-state index contributed by atoms with van der Waals surface area (Å²) in [5.74, 6) is 0.817. The number of anilines is 1. The second-order valence-corrected chi connectivity index (χ2v) is 4.02. The zero-order chi connectivity index (χ0) is 11.5. The fraction of sp³-hybridized carbons (Fsp3) is 0.455. The summed E-state index contributed by atoms with van der Waals surface area (Å²) in [4.78, 5) is 16.5. The highest BCUT2D eigenvalue weighted by Gasteiger charge is 2.25. The molecule has 1 aliphatic rings. The Kier molecular flexibility index (Phi) is 2.94. The van der Waals surface area contributed by atoms with Crippen molar-refractivity contribution in [1.82, 2.24) is 9.88 Å². The van der Waals surface area contributed by atoms with Crippen molar-refractivity contribution in [2.75, 3.05) is 18.4 Å². The number of hydrogen-bond acceptors (Lipinski definition) is 3. The molecule has 2 rings (SSSR count). The van der Waals surface area contributed by atoms with Crippen molar-refractivity contribution in [3.05, 3.63) is 23.9 Å². The van der Waals surface area contributed by atoms with Gasteiger partial charge in [-0.1, -0.05) is 6.07 Å². The lowest BCUT2D eigenvalue weighted by atomic mass is 10.2. The van der Waals surface area contributed by atoms with E-state index in [2.05, 4.69) is 10.3 Å². The average molecular weight is 221 g/mol. The summed E-state index contributed by atoms with van der Waals surface area (Å²) in [5.41, 5.74) is 0.957. The Labute approximate surface area is 94.1 Å². The van der Waals surface area contributed by atoms with E-state index in [1.165, 1.54) is 4.90 Å². The number of nitrogens with one attached hydrogen (secondary N) is 1. The Morgan fingerprint density at radius 3 is 3.06 bits per heavy atom. The number of rotatable bonds is 2. The van der Waals surface area contributed by atoms with E-state index in [1.807, 2.05) is 25.1 Å². The molecule has 0 unspecified atom stereocenters. The minimum Gasteiger partial charge on any atom is -0.465 e. The molecule has 1 fully saturated rings. The van der Waals surface area contributed by atoms with Gasteiger partial charge in [-0.3, -0.25) is 0 Å². The Morgan fingerprint density at radius 2 is 2.44 bits per heavy atom. The molecule has 86 valence electrons. The van der Waals surface area contributed by atoms with Gasteiger partial charge in [-0.2, -0.15) is 0 Å². The Morgan fingerprint density at radius 1 is 1.62 bits per heavy atom. The molecule has 0 bridgehead atoms. The Hall–Kier alpha value is -1.78. The average Bonchev–Trinajstić information content (AvgIpc) is 2.66. The van der Waals surface area contributed by atoms with Crippen LogP contribution in [-0.4, -0.2) is 40.2 Å². The summed E-state index contributed by atoms with van der Waals surface area (Å²) in [6.45, 7) is 3.06. The van der Waals surface area contributed by atoms with Crippen LogP contribution in [0.25, 0.3) is 0 Å². The molecular weight excluding hydrogens is 206 g/mol. The molecule has 2 N–H and O–H groups in total. The molecule has 5 nitrogen and oxygen atoms in total. The first-order chi connectivity index (χ1) is 7.65. The summed E-state index contributed by atoms with van der Waals surface area (Å²) in [6, 6.07) is 5.94. The minimum absolute atomic E-state index is 0.172. The van der Waals surface area contributed by atoms with Crippen molar-refractivity contribution < 1.29 is 9.90 Å². The second-order valence-electron chi connectivity index (χ2n) is 4.02. The highest BCUT2D eigenvalue weighted by atomic mass is 16.4. The molecule has 1 aromatic heterocycles. The van der Waals surface area contributed by atoms with E-state index in [4.69, 9.17) is 5.11 Å². The van der Waals surface area contributed by atoms with Crippen molar-refractivity contribution in [2.24, 2.45) is 0 Å². The fourth-order valence-corrected chi connectivity index (χ4v) is 1.88. The molecule has 0 radical (unpaired) electrons. The van der Waals surface area contributed by atoms with Gasteiger partial charge in [-0.15, -0.1) is 0 Å². The van der Waals surface area contributed by atoms with E-state index in [0.29, 0.717) is 13.1 Å². The largest absolute Gasteiger partial charge is 0.465 e. The number of aryl methyl sites for hydroxylation is 1. The SMILES string of the molecule is Cc1cccc(N[C@H]2CCN(C(=O)O)C2)n1. The predicted molar refractivity (Wildman–Crippen MR) is 60.6 cm³/mol. The highest BCUT2D eigenvalue weighted by Crippen LogP contribution is 2.14. The van der Waals surface area contributed by atoms with Gasteiger partial charge < -0.3 is 15.3 Å². The second kappa shape index (κ2) is 4.38. The first-order valence-electron chi connectivity index (χ1n) is 5.33. The van der Waals surface area contributed by atoms with Gasteiger partial charge in [0.15, 0.2) is 0 Å². The van der Waals surface area contributed by atoms with Crippen molar-refractivity contribution in [3.63, 3.8) is 0 Å². The van der Waals surface area contributed by atoms with Crippen LogP contribution in [0.4, 0.5) is 10.6 Å². The third-order valence-corrected chi connectivity index (χ3v) is 2.70. The summed E-state index contributed by atoms with van der Waals surface area (Å²) >= 11 is 0. The first kappa shape index (κ1) is 10.7. The van der Waals surface area contributed by atoms with Gasteiger partial charge in [-0.05, 0) is 25.5 Å². The molecular formula is C11H15N3O2. The number of carboxylic acid groups (broad SMARTS) is 1. The lowest BCUT2D eigenvalue weighted by Crippen LogP contribution is -2.30. The van der Waals surface area contributed by atoms with Crippen LogP contribution in [-0.2, 0) is 0 Å². The molecule has 1 aromatic rings. The molecule has 16 heavy (non-hydrogen) atoms. The zero-order valence-corrected chi connectivity index (χ0v) is 9.18. The molecule has 0 saturated carbocycles. The van der Waals surface area contributed by atoms with Gasteiger partial charge >= 0.3 is 6.09 Å². The smallest absolute Gasteiger partial charge is 0.407 e. The summed E-state index contributed by atoms with van der Waals surface area (Å²) in [5, 5.41) is 12.1. The highest BCUT2D eigenvalue weighted by molar-refractivity contribution is 5.65. The lowest BCUT2D eigenvalue weighted by molar-refractivity contribution is 0.155. The molecule has 1 aliphatic heterocycles. The van der Waals surface area contributed by atoms with Gasteiger partial charge in [0.1, 0.15) is 5.82 Å². The number of likely N-dealkylation sites (tertiary alicyclic amines) is 1. The van der Waals surface area contributed by atoms with Crippen LogP contribution >= 0.6 is 0 Å². The van der Waals surface area contributed by atoms with Gasteiger partial charge in [0.2, 0.25) is 0 Å². The van der Waals surface area contributed by atoms with Gasteiger partial charge in [-0.25, -0.2) is 9.78 Å². The Balaban J connectivity index is 1.94. The van der Waals surface area contributed by atoms with Crippen LogP contribution < -0.4 is 5.32 Å². The number of pyridine rings is 1. The van der Waals surface area contributed by atoms with E-state index in [1.54, 1.807) is 0 Å². The number of aromatic nitrogens is 1. The maximum Gasteiger partial charge on any atom is 0.407 e. The van der Waals surface area contributed by atoms with Crippen LogP contribution in [0.1, 0.15) is 12.1 Å². The normalized spacial score (nSPS) is 19.8. The molecule has 0 aliphatic carbocycles. The number of carbonyl (C=O) groups is 1. The van der Waals surface area contributed by atoms with Gasteiger partial charge in [0.25, 0.3) is 0 Å². The maximum atomic E-state index is 10.7. The molecule has 0 spiro atoms. The van der Waals surface area contributed by atoms with E-state index < -0.39 is 6.09 Å². The van der Waals surface area contributed by atoms with Crippen LogP contribution in [0.3, 0.4) is 0 Å². The summed E-state index contributed by atoms with van der Waals surface area (Å²) in [7, 11) is 0. The molecule has 1 saturated heterocycles. The van der Waals surface area contributed by atoms with Gasteiger partial charge in [0, 0.05) is 24.8 Å². The maximum absolute atomic E-state index is 10.7. The lowest BCUT2D eigenvalue weighted by Gasteiger charge is -2.14. The van der Waals surface area contributed by atoms with E-state index in [0.717, 1.165) is 17.9 Å². The fourth-order valence-electron chi connectivity index (χ4n) is 1.88. The van der Waals surface area contributed by atoms with Crippen LogP contribution in [0.5, 0.6) is 0 Å². The Bertz CT molecular complexity index is 395. The molecule has 5 heteroatoms. The summed E-state index contributed by atoms with van der Waals surface area (Å²) in [6.07, 6.45) is -0.0106. The molecule has 1 amide bonds. The van der Waals surface area contributed by atoms with Crippen molar-refractivity contribution >= 4 is 11.9 Å². The van der Waals surface area contributed by atoms with Crippen molar-refractivity contribution in [2.45, 2.75) is 19.4 Å². The number of hydrogen-bond donors (Lipinski definition) is 2. The van der Waals surface area contributed by atoms with Crippen molar-refractivity contribution in [3.8, 4) is 0 Å². The predicted octanol–water partition coefficient (Wildman–Crippen LogP) is 1.55. The monoisotopic (exact) mass is 221 g/mol. The van der Waals surface area contributed by atoms with Crippen LogP contribution in [0.2, 0.25) is 0 Å². The van der Waals surface area contributed by atoms with E-state index in [9.17, 15) is 4.79 Å². The molecule has 1 atom stereocenters. The summed E-state index contributed by atoms with van der Waals surface area (Å²) < 4.78 is 0. The van der Waals surface area contributed by atoms with Crippen molar-refractivity contribution in [1.29, 1.82) is 0 Å². The first-order valence-corrected chi connectivity index (χ1v) is 5.33. The van der Waals surface area contributed by atoms with Gasteiger partial charge in [0.05, 0.1) is 0 Å². The third kappa shape index (κ3) is 2.42. The zero-order valence-electron chi connectivity index (χ0n) is 9.18.